The zero-order valence-corrected chi connectivity index (χ0v) is 12.7. The summed E-state index contributed by atoms with van der Waals surface area (Å²) in [4.78, 5) is 0. The molecule has 2 nitrogen and oxygen atoms in total. The quantitative estimate of drug-likeness (QED) is 0.894. The van der Waals surface area contributed by atoms with Crippen LogP contribution < -0.4 is 0 Å². The summed E-state index contributed by atoms with van der Waals surface area (Å²) < 4.78 is 32.4. The van der Waals surface area contributed by atoms with Crippen LogP contribution >= 0.6 is 0 Å². The fraction of sp³-hybridized carbons (Fsp3) is 0.647. The van der Waals surface area contributed by atoms with E-state index in [1.165, 1.54) is 12.1 Å². The van der Waals surface area contributed by atoms with Crippen LogP contribution in [0.3, 0.4) is 0 Å². The Morgan fingerprint density at radius 2 is 1.81 bits per heavy atom. The first-order valence-electron chi connectivity index (χ1n) is 7.72. The van der Waals surface area contributed by atoms with Gasteiger partial charge in [-0.25, -0.2) is 8.78 Å². The predicted molar refractivity (Wildman–Crippen MR) is 78.1 cm³/mol. The summed E-state index contributed by atoms with van der Waals surface area (Å²) in [6, 6.07) is 3.39. The van der Waals surface area contributed by atoms with Gasteiger partial charge in [0.2, 0.25) is 0 Å². The first-order valence-corrected chi connectivity index (χ1v) is 7.72. The lowest BCUT2D eigenvalue weighted by Crippen LogP contribution is -2.48. The van der Waals surface area contributed by atoms with Gasteiger partial charge < -0.3 is 9.84 Å². The molecule has 2 rings (SSSR count). The second-order valence-electron chi connectivity index (χ2n) is 6.18. The van der Waals surface area contributed by atoms with Crippen LogP contribution in [0, 0.1) is 17.6 Å². The Labute approximate surface area is 125 Å². The van der Waals surface area contributed by atoms with Crippen molar-refractivity contribution >= 4 is 0 Å². The smallest absolute Gasteiger partial charge is 0.126 e. The molecule has 0 radical (unpaired) electrons. The molecule has 1 aliphatic rings. The minimum absolute atomic E-state index is 0.211. The van der Waals surface area contributed by atoms with Gasteiger partial charge in [0.1, 0.15) is 11.6 Å². The van der Waals surface area contributed by atoms with Crippen LogP contribution in [0.25, 0.3) is 0 Å². The van der Waals surface area contributed by atoms with Gasteiger partial charge in [0, 0.05) is 19.1 Å². The molecule has 0 heterocycles. The molecule has 118 valence electrons. The van der Waals surface area contributed by atoms with Crippen molar-refractivity contribution in [3.63, 3.8) is 0 Å². The Kier molecular flexibility index (Phi) is 5.33. The van der Waals surface area contributed by atoms with E-state index in [2.05, 4.69) is 6.92 Å². The average Bonchev–Trinajstić information content (AvgIpc) is 2.40. The summed E-state index contributed by atoms with van der Waals surface area (Å²) in [5.41, 5.74) is -0.109. The highest BCUT2D eigenvalue weighted by Crippen LogP contribution is 2.38. The van der Waals surface area contributed by atoms with Crippen LogP contribution in [0.2, 0.25) is 0 Å². The molecule has 0 bridgehead atoms. The molecule has 0 spiro atoms. The fourth-order valence-electron chi connectivity index (χ4n) is 3.25. The van der Waals surface area contributed by atoms with Crippen LogP contribution in [-0.2, 0) is 11.2 Å². The van der Waals surface area contributed by atoms with E-state index in [1.54, 1.807) is 0 Å². The molecule has 0 saturated heterocycles. The molecule has 0 aromatic heterocycles. The Morgan fingerprint density at radius 3 is 2.33 bits per heavy atom. The number of aliphatic hydroxyl groups excluding tert-OH is 1. The van der Waals surface area contributed by atoms with Gasteiger partial charge >= 0.3 is 0 Å². The highest BCUT2D eigenvalue weighted by atomic mass is 19.1. The summed E-state index contributed by atoms with van der Waals surface area (Å²) in [6.07, 6.45) is 3.07. The summed E-state index contributed by atoms with van der Waals surface area (Å²) in [6.45, 7) is 4.64. The van der Waals surface area contributed by atoms with Gasteiger partial charge in [-0.05, 0) is 56.2 Å². The van der Waals surface area contributed by atoms with Crippen molar-refractivity contribution in [1.29, 1.82) is 0 Å². The van der Waals surface area contributed by atoms with Crippen molar-refractivity contribution in [3.8, 4) is 0 Å². The highest BCUT2D eigenvalue weighted by Gasteiger charge is 2.41. The molecule has 0 amide bonds. The number of benzene rings is 1. The first kappa shape index (κ1) is 16.4. The van der Waals surface area contributed by atoms with Gasteiger partial charge in [0.05, 0.1) is 11.7 Å². The fourth-order valence-corrected chi connectivity index (χ4v) is 3.25. The number of aliphatic hydroxyl groups is 1. The monoisotopic (exact) mass is 298 g/mol. The van der Waals surface area contributed by atoms with E-state index in [0.717, 1.165) is 31.7 Å². The molecule has 1 atom stereocenters. The molecular formula is C17H24F2O2. The molecule has 0 aliphatic heterocycles. The van der Waals surface area contributed by atoms with Crippen LogP contribution in [0.15, 0.2) is 18.2 Å². The topological polar surface area (TPSA) is 29.5 Å². The third-order valence-electron chi connectivity index (χ3n) is 4.51. The molecule has 1 saturated carbocycles. The van der Waals surface area contributed by atoms with Crippen molar-refractivity contribution < 1.29 is 18.6 Å². The maximum Gasteiger partial charge on any atom is 0.126 e. The van der Waals surface area contributed by atoms with E-state index in [9.17, 15) is 13.9 Å². The Balaban J connectivity index is 2.13. The second-order valence-corrected chi connectivity index (χ2v) is 6.18. The summed E-state index contributed by atoms with van der Waals surface area (Å²) in [5, 5.41) is 10.6. The highest BCUT2D eigenvalue weighted by molar-refractivity contribution is 5.19. The van der Waals surface area contributed by atoms with E-state index in [4.69, 9.17) is 4.74 Å². The maximum absolute atomic E-state index is 13.3. The molecule has 1 aromatic carbocycles. The van der Waals surface area contributed by atoms with Gasteiger partial charge in [-0.1, -0.05) is 6.92 Å². The number of halogens is 2. The number of hydrogen-bond donors (Lipinski definition) is 1. The van der Waals surface area contributed by atoms with Crippen LogP contribution in [0.5, 0.6) is 0 Å². The minimum atomic E-state index is -0.744. The largest absolute Gasteiger partial charge is 0.390 e. The molecular weight excluding hydrogens is 274 g/mol. The Hall–Kier alpha value is -1.00. The third kappa shape index (κ3) is 4.01. The van der Waals surface area contributed by atoms with Gasteiger partial charge in [-0.3, -0.25) is 0 Å². The van der Waals surface area contributed by atoms with Crippen molar-refractivity contribution in [2.24, 2.45) is 5.92 Å². The lowest BCUT2D eigenvalue weighted by atomic mass is 9.75. The average molecular weight is 298 g/mol. The van der Waals surface area contributed by atoms with Gasteiger partial charge in [0.25, 0.3) is 0 Å². The van der Waals surface area contributed by atoms with Crippen molar-refractivity contribution in [2.45, 2.75) is 57.7 Å². The van der Waals surface area contributed by atoms with E-state index < -0.39 is 23.3 Å². The summed E-state index contributed by atoms with van der Waals surface area (Å²) >= 11 is 0. The van der Waals surface area contributed by atoms with E-state index in [-0.39, 0.29) is 6.42 Å². The number of rotatable bonds is 5. The lowest BCUT2D eigenvalue weighted by Gasteiger charge is -2.42. The second kappa shape index (κ2) is 6.84. The predicted octanol–water partition coefficient (Wildman–Crippen LogP) is 3.85. The van der Waals surface area contributed by atoms with E-state index >= 15 is 0 Å². The summed E-state index contributed by atoms with van der Waals surface area (Å²) in [7, 11) is 0. The molecule has 1 unspecified atom stereocenters. The molecule has 21 heavy (non-hydrogen) atoms. The van der Waals surface area contributed by atoms with Gasteiger partial charge in [0.15, 0.2) is 0 Å². The molecule has 1 aromatic rings. The Bertz CT molecular complexity index is 448. The molecule has 1 aliphatic carbocycles. The minimum Gasteiger partial charge on any atom is -0.390 e. The van der Waals surface area contributed by atoms with E-state index in [1.807, 2.05) is 6.92 Å². The lowest BCUT2D eigenvalue weighted by molar-refractivity contribution is -0.143. The van der Waals surface area contributed by atoms with Crippen LogP contribution in [0.1, 0.15) is 45.1 Å². The zero-order chi connectivity index (χ0) is 15.5. The van der Waals surface area contributed by atoms with Crippen molar-refractivity contribution in [1.82, 2.24) is 0 Å². The first-order chi connectivity index (χ1) is 9.95. The summed E-state index contributed by atoms with van der Waals surface area (Å²) in [5.74, 6) is -0.586. The third-order valence-corrected chi connectivity index (χ3v) is 4.51. The van der Waals surface area contributed by atoms with Crippen LogP contribution in [-0.4, -0.2) is 23.4 Å². The van der Waals surface area contributed by atoms with Crippen molar-refractivity contribution in [2.75, 3.05) is 6.61 Å². The Morgan fingerprint density at radius 1 is 1.24 bits per heavy atom. The van der Waals surface area contributed by atoms with Gasteiger partial charge in [-0.15, -0.1) is 0 Å². The maximum atomic E-state index is 13.3. The van der Waals surface area contributed by atoms with Crippen LogP contribution in [0.4, 0.5) is 8.78 Å². The SMILES string of the molecule is CCOC1(C(O)Cc2cc(F)cc(F)c2)CCC(C)CC1. The van der Waals surface area contributed by atoms with Crippen molar-refractivity contribution in [3.05, 3.63) is 35.4 Å². The number of hydrogen-bond acceptors (Lipinski definition) is 2. The van der Waals surface area contributed by atoms with E-state index in [0.29, 0.717) is 18.1 Å². The normalized spacial score (nSPS) is 27.6. The zero-order valence-electron chi connectivity index (χ0n) is 12.7. The molecule has 1 fully saturated rings. The standard InChI is InChI=1S/C17H24F2O2/c1-3-21-17(6-4-12(2)5-7-17)16(20)10-13-8-14(18)11-15(19)9-13/h8-9,11-12,16,20H,3-7,10H2,1-2H3. The molecule has 1 N–H and O–H groups in total. The molecule has 4 heteroatoms. The van der Waals surface area contributed by atoms with Gasteiger partial charge in [-0.2, -0.15) is 0 Å². The number of ether oxygens (including phenoxy) is 1.